The Morgan fingerprint density at radius 1 is 1.26 bits per heavy atom. The van der Waals surface area contributed by atoms with Crippen LogP contribution in [0.5, 0.6) is 0 Å². The number of aromatic nitrogens is 3. The van der Waals surface area contributed by atoms with Gasteiger partial charge in [-0.15, -0.1) is 0 Å². The molecule has 3 rings (SSSR count). The van der Waals surface area contributed by atoms with Gasteiger partial charge in [0, 0.05) is 24.0 Å². The molecule has 8 heteroatoms. The zero-order chi connectivity index (χ0) is 19.4. The fraction of sp³-hybridized carbons (Fsp3) is 0.421. The van der Waals surface area contributed by atoms with E-state index in [0.717, 1.165) is 16.4 Å². The highest BCUT2D eigenvalue weighted by atomic mass is 16.5. The van der Waals surface area contributed by atoms with E-state index < -0.39 is 0 Å². The first-order valence-corrected chi connectivity index (χ1v) is 8.98. The number of carbonyl (C=O) groups is 1. The molecule has 0 saturated carbocycles. The summed E-state index contributed by atoms with van der Waals surface area (Å²) in [5, 5.41) is 6.63. The Bertz CT molecular complexity index is 944. The maximum Gasteiger partial charge on any atom is 0.315 e. The Labute approximate surface area is 158 Å². The number of fused-ring (bicyclic) bond motifs is 3. The lowest BCUT2D eigenvalue weighted by Gasteiger charge is -2.20. The normalized spacial score (nSPS) is 11.8. The van der Waals surface area contributed by atoms with Crippen molar-refractivity contribution in [2.75, 3.05) is 25.5 Å². The van der Waals surface area contributed by atoms with Gasteiger partial charge in [0.05, 0.1) is 30.6 Å². The first kappa shape index (κ1) is 18.9. The fourth-order valence-electron chi connectivity index (χ4n) is 2.86. The van der Waals surface area contributed by atoms with Gasteiger partial charge in [0.2, 0.25) is 0 Å². The molecule has 27 heavy (non-hydrogen) atoms. The molecule has 2 heterocycles. The van der Waals surface area contributed by atoms with E-state index in [1.165, 1.54) is 0 Å². The summed E-state index contributed by atoms with van der Waals surface area (Å²) in [6.07, 6.45) is 1.76. The van der Waals surface area contributed by atoms with Crippen LogP contribution in [0.1, 0.15) is 20.8 Å². The minimum absolute atomic E-state index is 0.193. The second-order valence-electron chi connectivity index (χ2n) is 7.39. The van der Waals surface area contributed by atoms with Crippen molar-refractivity contribution in [3.63, 3.8) is 0 Å². The Hall–Kier alpha value is -2.87. The van der Waals surface area contributed by atoms with Gasteiger partial charge in [-0.1, -0.05) is 18.2 Å². The monoisotopic (exact) mass is 370 g/mol. The van der Waals surface area contributed by atoms with Gasteiger partial charge in [0.1, 0.15) is 5.52 Å². The quantitative estimate of drug-likeness (QED) is 0.577. The van der Waals surface area contributed by atoms with Crippen LogP contribution in [0.2, 0.25) is 0 Å². The molecular formula is C19H26N6O2. The first-order valence-electron chi connectivity index (χ1n) is 8.98. The van der Waals surface area contributed by atoms with Gasteiger partial charge in [0.25, 0.3) is 0 Å². The number of rotatable bonds is 6. The van der Waals surface area contributed by atoms with E-state index in [9.17, 15) is 4.79 Å². The number of para-hydroxylation sites is 1. The summed E-state index contributed by atoms with van der Waals surface area (Å²) < 4.78 is 7.66. The number of benzene rings is 1. The highest BCUT2D eigenvalue weighted by molar-refractivity contribution is 6.06. The fourth-order valence-corrected chi connectivity index (χ4v) is 2.86. The molecule has 0 saturated heterocycles. The standard InChI is InChI=1S/C19H26N6O2/c1-19(2,3)24-18(26)21-8-10-27-11-9-25-12-22-15-16(25)13-6-4-5-7-14(13)23-17(15)20/h4-7,12H,8-11H2,1-3H3,(H2,20,23)(H2,21,24,26). The van der Waals surface area contributed by atoms with Crippen LogP contribution >= 0.6 is 0 Å². The number of hydrogen-bond donors (Lipinski definition) is 3. The first-order chi connectivity index (χ1) is 12.8. The molecule has 0 atom stereocenters. The van der Waals surface area contributed by atoms with Crippen molar-refractivity contribution in [1.29, 1.82) is 0 Å². The lowest BCUT2D eigenvalue weighted by molar-refractivity contribution is 0.129. The number of anilines is 1. The minimum atomic E-state index is -0.257. The van der Waals surface area contributed by atoms with Crippen LogP contribution in [-0.4, -0.2) is 45.9 Å². The third-order valence-corrected chi connectivity index (χ3v) is 3.98. The molecule has 0 bridgehead atoms. The van der Waals surface area contributed by atoms with E-state index in [1.807, 2.05) is 49.6 Å². The highest BCUT2D eigenvalue weighted by Gasteiger charge is 2.13. The van der Waals surface area contributed by atoms with Gasteiger partial charge in [-0.2, -0.15) is 0 Å². The summed E-state index contributed by atoms with van der Waals surface area (Å²) >= 11 is 0. The maximum absolute atomic E-state index is 11.7. The molecule has 144 valence electrons. The summed E-state index contributed by atoms with van der Waals surface area (Å²) in [4.78, 5) is 20.5. The smallest absolute Gasteiger partial charge is 0.315 e. The lowest BCUT2D eigenvalue weighted by atomic mass is 10.1. The molecule has 4 N–H and O–H groups in total. The number of nitrogens with one attached hydrogen (secondary N) is 2. The van der Waals surface area contributed by atoms with Crippen molar-refractivity contribution in [3.8, 4) is 0 Å². The minimum Gasteiger partial charge on any atom is -0.382 e. The molecular weight excluding hydrogens is 344 g/mol. The number of imidazole rings is 1. The van der Waals surface area contributed by atoms with Crippen LogP contribution in [0, 0.1) is 0 Å². The van der Waals surface area contributed by atoms with Gasteiger partial charge in [-0.25, -0.2) is 14.8 Å². The van der Waals surface area contributed by atoms with E-state index in [0.29, 0.717) is 37.6 Å². The number of hydrogen-bond acceptors (Lipinski definition) is 5. The van der Waals surface area contributed by atoms with Crippen LogP contribution in [0.3, 0.4) is 0 Å². The molecule has 0 aliphatic carbocycles. The Morgan fingerprint density at radius 2 is 2.04 bits per heavy atom. The van der Waals surface area contributed by atoms with Crippen molar-refractivity contribution < 1.29 is 9.53 Å². The number of amides is 2. The Balaban J connectivity index is 1.55. The molecule has 1 aromatic carbocycles. The average Bonchev–Trinajstić information content (AvgIpc) is 3.01. The van der Waals surface area contributed by atoms with Gasteiger partial charge < -0.3 is 25.7 Å². The van der Waals surface area contributed by atoms with Crippen molar-refractivity contribution in [2.24, 2.45) is 0 Å². The number of nitrogen functional groups attached to an aromatic ring is 1. The zero-order valence-electron chi connectivity index (χ0n) is 16.0. The van der Waals surface area contributed by atoms with Crippen LogP contribution in [0.25, 0.3) is 21.9 Å². The lowest BCUT2D eigenvalue weighted by Crippen LogP contribution is -2.47. The molecule has 0 unspecified atom stereocenters. The number of urea groups is 1. The van der Waals surface area contributed by atoms with Crippen molar-refractivity contribution in [1.82, 2.24) is 25.2 Å². The number of pyridine rings is 1. The molecule has 2 aromatic heterocycles. The predicted octanol–water partition coefficient (Wildman–Crippen LogP) is 2.28. The molecule has 8 nitrogen and oxygen atoms in total. The van der Waals surface area contributed by atoms with Crippen molar-refractivity contribution >= 4 is 33.8 Å². The molecule has 0 radical (unpaired) electrons. The summed E-state index contributed by atoms with van der Waals surface area (Å²) in [5.41, 5.74) is 8.29. The van der Waals surface area contributed by atoms with Crippen molar-refractivity contribution in [3.05, 3.63) is 30.6 Å². The molecule has 2 amide bonds. The third-order valence-electron chi connectivity index (χ3n) is 3.98. The van der Waals surface area contributed by atoms with E-state index in [1.54, 1.807) is 6.33 Å². The van der Waals surface area contributed by atoms with E-state index in [4.69, 9.17) is 10.5 Å². The van der Waals surface area contributed by atoms with E-state index in [-0.39, 0.29) is 11.6 Å². The van der Waals surface area contributed by atoms with Gasteiger partial charge in [-0.3, -0.25) is 0 Å². The Morgan fingerprint density at radius 3 is 2.81 bits per heavy atom. The number of carbonyl (C=O) groups excluding carboxylic acids is 1. The van der Waals surface area contributed by atoms with Crippen LogP contribution in [-0.2, 0) is 11.3 Å². The Kier molecular flexibility index (Phi) is 5.46. The summed E-state index contributed by atoms with van der Waals surface area (Å²) in [6, 6.07) is 7.67. The summed E-state index contributed by atoms with van der Waals surface area (Å²) in [6.45, 7) is 7.84. The van der Waals surface area contributed by atoms with Crippen molar-refractivity contribution in [2.45, 2.75) is 32.9 Å². The number of nitrogens with zero attached hydrogens (tertiary/aromatic N) is 3. The molecule has 0 fully saturated rings. The second-order valence-corrected chi connectivity index (χ2v) is 7.39. The summed E-state index contributed by atoms with van der Waals surface area (Å²) in [7, 11) is 0. The molecule has 0 aliphatic rings. The molecule has 3 aromatic rings. The maximum atomic E-state index is 11.7. The van der Waals surface area contributed by atoms with E-state index >= 15 is 0 Å². The van der Waals surface area contributed by atoms with Crippen LogP contribution in [0.4, 0.5) is 10.6 Å². The van der Waals surface area contributed by atoms with E-state index in [2.05, 4.69) is 20.6 Å². The SMILES string of the molecule is CC(C)(C)NC(=O)NCCOCCn1cnc2c(N)nc3ccccc3c21. The van der Waals surface area contributed by atoms with Gasteiger partial charge in [0.15, 0.2) is 5.82 Å². The van der Waals surface area contributed by atoms with Gasteiger partial charge in [-0.05, 0) is 26.8 Å². The highest BCUT2D eigenvalue weighted by Crippen LogP contribution is 2.26. The predicted molar refractivity (Wildman–Crippen MR) is 107 cm³/mol. The molecule has 0 spiro atoms. The second kappa shape index (κ2) is 7.79. The average molecular weight is 370 g/mol. The topological polar surface area (TPSA) is 107 Å². The third kappa shape index (κ3) is 4.65. The van der Waals surface area contributed by atoms with Crippen LogP contribution in [0.15, 0.2) is 30.6 Å². The van der Waals surface area contributed by atoms with Crippen LogP contribution < -0.4 is 16.4 Å². The van der Waals surface area contributed by atoms with Gasteiger partial charge >= 0.3 is 6.03 Å². The number of nitrogens with two attached hydrogens (primary N) is 1. The largest absolute Gasteiger partial charge is 0.382 e. The zero-order valence-corrected chi connectivity index (χ0v) is 16.0. The molecule has 0 aliphatic heterocycles. The number of ether oxygens (including phenoxy) is 1. The summed E-state index contributed by atoms with van der Waals surface area (Å²) in [5.74, 6) is 0.428.